The monoisotopic (exact) mass is 514 g/mol. The van der Waals surface area contributed by atoms with Crippen LogP contribution >= 0.6 is 11.6 Å². The highest BCUT2D eigenvalue weighted by Crippen LogP contribution is 2.36. The number of pyridine rings is 1. The van der Waals surface area contributed by atoms with Gasteiger partial charge in [0.2, 0.25) is 11.8 Å². The molecule has 1 amide bonds. The van der Waals surface area contributed by atoms with E-state index in [4.69, 9.17) is 16.3 Å². The van der Waals surface area contributed by atoms with Crippen LogP contribution < -0.4 is 10.1 Å². The molecule has 2 aromatic carbocycles. The van der Waals surface area contributed by atoms with E-state index in [0.29, 0.717) is 33.3 Å². The fourth-order valence-corrected chi connectivity index (χ4v) is 4.54. The Morgan fingerprint density at radius 1 is 1.14 bits per heavy atom. The van der Waals surface area contributed by atoms with Gasteiger partial charge in [-0.1, -0.05) is 35.9 Å². The van der Waals surface area contributed by atoms with Crippen LogP contribution in [0.3, 0.4) is 0 Å². The lowest BCUT2D eigenvalue weighted by Crippen LogP contribution is -2.15. The van der Waals surface area contributed by atoms with Gasteiger partial charge in [0, 0.05) is 42.1 Å². The lowest BCUT2D eigenvalue weighted by Gasteiger charge is -2.16. The summed E-state index contributed by atoms with van der Waals surface area (Å²) in [6.45, 7) is 3.71. The highest BCUT2D eigenvalue weighted by molar-refractivity contribution is 7.90. The molecule has 1 aromatic heterocycles. The summed E-state index contributed by atoms with van der Waals surface area (Å²) < 4.78 is 36.0. The Labute approximate surface area is 210 Å². The Morgan fingerprint density at radius 3 is 2.57 bits per heavy atom. The van der Waals surface area contributed by atoms with E-state index in [2.05, 4.69) is 14.7 Å². The molecule has 0 saturated carbocycles. The zero-order chi connectivity index (χ0) is 25.6. The first-order valence-corrected chi connectivity index (χ1v) is 12.6. The average Bonchev–Trinajstić information content (AvgIpc) is 2.79. The van der Waals surface area contributed by atoms with E-state index >= 15 is 0 Å². The molecule has 0 aliphatic carbocycles. The Bertz CT molecular complexity index is 1340. The summed E-state index contributed by atoms with van der Waals surface area (Å²) in [6, 6.07) is 15.1. The largest absolute Gasteiger partial charge is 0.475 e. The van der Waals surface area contributed by atoms with Gasteiger partial charge in [-0.05, 0) is 49.7 Å². The SMILES string of the molecule is CC(C)Oc1ncccc1-c1ccc(NC(=O)Cc2ccccc2Cl)cc1S(=O)(=O)/N=C/N(C)C. The molecule has 184 valence electrons. The molecule has 1 N–H and O–H groups in total. The quantitative estimate of drug-likeness (QED) is 0.329. The summed E-state index contributed by atoms with van der Waals surface area (Å²) in [5.74, 6) is -0.0396. The molecule has 35 heavy (non-hydrogen) atoms. The van der Waals surface area contributed by atoms with E-state index in [9.17, 15) is 13.2 Å². The molecule has 0 unspecified atom stereocenters. The van der Waals surface area contributed by atoms with Crippen molar-refractivity contribution in [2.24, 2.45) is 4.40 Å². The highest BCUT2D eigenvalue weighted by Gasteiger charge is 2.23. The van der Waals surface area contributed by atoms with Crippen LogP contribution in [0.15, 0.2) is 70.1 Å². The lowest BCUT2D eigenvalue weighted by atomic mass is 10.1. The van der Waals surface area contributed by atoms with Crippen molar-refractivity contribution in [2.75, 3.05) is 19.4 Å². The standard InChI is InChI=1S/C25H27ClN4O4S/c1-17(2)34-25-21(9-7-13-27-25)20-12-11-19(15-23(20)35(32,33)28-16-30(3)4)29-24(31)14-18-8-5-6-10-22(18)26/h5-13,15-17H,14H2,1-4H3,(H,29,31)/b28-16+. The molecular formula is C25H27ClN4O4S. The minimum absolute atomic E-state index is 0.0390. The number of halogens is 1. The first-order chi connectivity index (χ1) is 16.6. The first kappa shape index (κ1) is 26.2. The summed E-state index contributed by atoms with van der Waals surface area (Å²) in [5, 5.41) is 3.23. The van der Waals surface area contributed by atoms with Crippen molar-refractivity contribution in [3.8, 4) is 17.0 Å². The smallest absolute Gasteiger partial charge is 0.284 e. The van der Waals surface area contributed by atoms with Gasteiger partial charge >= 0.3 is 0 Å². The molecule has 3 aromatic rings. The van der Waals surface area contributed by atoms with E-state index < -0.39 is 10.0 Å². The average molecular weight is 515 g/mol. The van der Waals surface area contributed by atoms with Gasteiger partial charge in [0.25, 0.3) is 10.0 Å². The second-order valence-corrected chi connectivity index (χ2v) is 10.2. The summed E-state index contributed by atoms with van der Waals surface area (Å²) >= 11 is 6.16. The molecule has 3 rings (SSSR count). The van der Waals surface area contributed by atoms with Crippen LogP contribution in [0.4, 0.5) is 5.69 Å². The molecular weight excluding hydrogens is 488 g/mol. The van der Waals surface area contributed by atoms with E-state index in [0.717, 1.165) is 0 Å². The number of nitrogens with zero attached hydrogens (tertiary/aromatic N) is 3. The molecule has 8 nitrogen and oxygen atoms in total. The maximum atomic E-state index is 13.2. The van der Waals surface area contributed by atoms with Crippen molar-refractivity contribution < 1.29 is 17.9 Å². The molecule has 10 heteroatoms. The van der Waals surface area contributed by atoms with Gasteiger partial charge in [0.15, 0.2) is 0 Å². The summed E-state index contributed by atoms with van der Waals surface area (Å²) in [6.07, 6.45) is 2.65. The van der Waals surface area contributed by atoms with Gasteiger partial charge in [-0.2, -0.15) is 8.42 Å². The number of carbonyl (C=O) groups excluding carboxylic acids is 1. The van der Waals surface area contributed by atoms with Crippen LogP contribution in [-0.4, -0.2) is 50.7 Å². The zero-order valence-corrected chi connectivity index (χ0v) is 21.5. The Morgan fingerprint density at radius 2 is 1.89 bits per heavy atom. The van der Waals surface area contributed by atoms with Gasteiger partial charge in [0.05, 0.1) is 17.4 Å². The van der Waals surface area contributed by atoms with Crippen LogP contribution in [-0.2, 0) is 21.2 Å². The number of aromatic nitrogens is 1. The van der Waals surface area contributed by atoms with Gasteiger partial charge in [0.1, 0.15) is 6.34 Å². The third kappa shape index (κ3) is 7.03. The maximum Gasteiger partial charge on any atom is 0.284 e. The second-order valence-electron chi connectivity index (χ2n) is 8.21. The van der Waals surface area contributed by atoms with Crippen molar-refractivity contribution in [1.82, 2.24) is 9.88 Å². The van der Waals surface area contributed by atoms with Crippen LogP contribution in [0.5, 0.6) is 5.88 Å². The molecule has 0 fully saturated rings. The number of benzene rings is 2. The molecule has 0 aliphatic rings. The number of ether oxygens (including phenoxy) is 1. The molecule has 0 bridgehead atoms. The minimum atomic E-state index is -4.13. The first-order valence-electron chi connectivity index (χ1n) is 10.8. The Balaban J connectivity index is 2.04. The predicted molar refractivity (Wildman–Crippen MR) is 139 cm³/mol. The fraction of sp³-hybridized carbons (Fsp3) is 0.240. The van der Waals surface area contributed by atoms with Gasteiger partial charge < -0.3 is 15.0 Å². The van der Waals surface area contributed by atoms with E-state index in [-0.39, 0.29) is 23.3 Å². The lowest BCUT2D eigenvalue weighted by molar-refractivity contribution is -0.115. The van der Waals surface area contributed by atoms with Crippen LogP contribution in [0.25, 0.3) is 11.1 Å². The second kappa shape index (κ2) is 11.3. The molecule has 1 heterocycles. The van der Waals surface area contributed by atoms with Crippen LogP contribution in [0.1, 0.15) is 19.4 Å². The van der Waals surface area contributed by atoms with E-state index in [1.807, 2.05) is 13.8 Å². The van der Waals surface area contributed by atoms with Gasteiger partial charge in [-0.15, -0.1) is 4.40 Å². The third-order valence-electron chi connectivity index (χ3n) is 4.68. The van der Waals surface area contributed by atoms with E-state index in [1.165, 1.54) is 17.3 Å². The number of sulfonamides is 1. The predicted octanol–water partition coefficient (Wildman–Crippen LogP) is 4.65. The summed E-state index contributed by atoms with van der Waals surface area (Å²) in [7, 11) is -0.796. The number of hydrogen-bond acceptors (Lipinski definition) is 5. The molecule has 0 saturated heterocycles. The summed E-state index contributed by atoms with van der Waals surface area (Å²) in [4.78, 5) is 18.4. The highest BCUT2D eigenvalue weighted by atomic mass is 35.5. The zero-order valence-electron chi connectivity index (χ0n) is 19.9. The topological polar surface area (TPSA) is 101 Å². The number of anilines is 1. The maximum absolute atomic E-state index is 13.2. The molecule has 0 spiro atoms. The van der Waals surface area contributed by atoms with Crippen molar-refractivity contribution in [1.29, 1.82) is 0 Å². The minimum Gasteiger partial charge on any atom is -0.475 e. The number of rotatable bonds is 9. The van der Waals surface area contributed by atoms with Crippen molar-refractivity contribution in [3.05, 3.63) is 71.4 Å². The van der Waals surface area contributed by atoms with Crippen LogP contribution in [0, 0.1) is 0 Å². The van der Waals surface area contributed by atoms with Crippen molar-refractivity contribution in [3.63, 3.8) is 0 Å². The third-order valence-corrected chi connectivity index (χ3v) is 6.31. The van der Waals surface area contributed by atoms with Gasteiger partial charge in [-0.25, -0.2) is 4.98 Å². The van der Waals surface area contributed by atoms with E-state index in [1.54, 1.807) is 68.8 Å². The molecule has 0 atom stereocenters. The Kier molecular flexibility index (Phi) is 8.48. The molecule has 0 aliphatic heterocycles. The number of hydrogen-bond donors (Lipinski definition) is 1. The normalized spacial score (nSPS) is 11.6. The van der Waals surface area contributed by atoms with Crippen molar-refractivity contribution >= 4 is 39.6 Å². The molecule has 0 radical (unpaired) electrons. The number of carbonyl (C=O) groups is 1. The van der Waals surface area contributed by atoms with Gasteiger partial charge in [-0.3, -0.25) is 4.79 Å². The van der Waals surface area contributed by atoms with Crippen LogP contribution in [0.2, 0.25) is 5.02 Å². The number of amides is 1. The number of nitrogens with one attached hydrogen (secondary N) is 1. The van der Waals surface area contributed by atoms with Crippen molar-refractivity contribution in [2.45, 2.75) is 31.3 Å². The summed E-state index contributed by atoms with van der Waals surface area (Å²) in [5.41, 5.74) is 1.82. The fourth-order valence-electron chi connectivity index (χ4n) is 3.18. The Hall–Kier alpha value is -3.43.